The fraction of sp³-hybridized carbons (Fsp3) is 0.208. The van der Waals surface area contributed by atoms with Crippen LogP contribution in [0.15, 0.2) is 48.0 Å². The second-order valence-electron chi connectivity index (χ2n) is 7.70. The molecule has 1 unspecified atom stereocenters. The molecule has 0 spiro atoms. The fourth-order valence-electron chi connectivity index (χ4n) is 3.78. The van der Waals surface area contributed by atoms with Gasteiger partial charge >= 0.3 is 11.9 Å². The summed E-state index contributed by atoms with van der Waals surface area (Å²) in [5.74, 6) is -2.39. The molecule has 1 atom stereocenters. The molecule has 1 fully saturated rings. The zero-order valence-electron chi connectivity index (χ0n) is 18.4. The summed E-state index contributed by atoms with van der Waals surface area (Å²) in [7, 11) is 1.28. The quantitative estimate of drug-likeness (QED) is 0.271. The number of hydrogen-bond acceptors (Lipinski definition) is 8. The first kappa shape index (κ1) is 22.3. The Hall–Kier alpha value is -3.85. The van der Waals surface area contributed by atoms with Crippen molar-refractivity contribution in [1.82, 2.24) is 10.2 Å². The maximum absolute atomic E-state index is 13.2. The van der Waals surface area contributed by atoms with Gasteiger partial charge in [0.2, 0.25) is 5.13 Å². The van der Waals surface area contributed by atoms with Gasteiger partial charge in [-0.25, -0.2) is 4.79 Å². The molecule has 0 saturated carbocycles. The molecule has 0 radical (unpaired) electrons. The Balaban J connectivity index is 1.94. The molecule has 1 aliphatic rings. The number of rotatable bonds is 4. The minimum Gasteiger partial charge on any atom is -0.507 e. The van der Waals surface area contributed by atoms with Crippen LogP contribution in [0.1, 0.15) is 43.7 Å². The van der Waals surface area contributed by atoms with Gasteiger partial charge in [-0.1, -0.05) is 41.2 Å². The molecule has 1 saturated heterocycles. The molecule has 8 nitrogen and oxygen atoms in total. The van der Waals surface area contributed by atoms with Crippen LogP contribution < -0.4 is 4.90 Å². The zero-order chi connectivity index (χ0) is 23.9. The standard InChI is InChI=1S/C24H21N3O5S/c1-12-5-6-13(2)17(11-12)20(28)18-19(15-7-9-16(10-8-15)23(31)32-4)27(22(30)21(18)29)24-26-25-14(3)33-24/h5-11,19,28H,1-4H3. The number of aliphatic hydroxyl groups excluding tert-OH is 1. The van der Waals surface area contributed by atoms with Crippen LogP contribution in [-0.4, -0.2) is 40.1 Å². The number of ether oxygens (including phenoxy) is 1. The first-order valence-electron chi connectivity index (χ1n) is 10.1. The zero-order valence-corrected chi connectivity index (χ0v) is 19.3. The van der Waals surface area contributed by atoms with Crippen LogP contribution in [0.4, 0.5) is 5.13 Å². The molecule has 0 bridgehead atoms. The number of benzene rings is 2. The normalized spacial score (nSPS) is 17.5. The molecule has 33 heavy (non-hydrogen) atoms. The summed E-state index contributed by atoms with van der Waals surface area (Å²) in [5, 5.41) is 20.2. The second kappa shape index (κ2) is 8.59. The number of nitrogens with zero attached hydrogens (tertiary/aromatic N) is 3. The number of ketones is 1. The van der Waals surface area contributed by atoms with E-state index in [1.165, 1.54) is 23.3 Å². The SMILES string of the molecule is COC(=O)c1ccc(C2C(=C(O)c3cc(C)ccc3C)C(=O)C(=O)N2c2nnc(C)s2)cc1. The van der Waals surface area contributed by atoms with Gasteiger partial charge in [0, 0.05) is 5.56 Å². The molecule has 1 N–H and O–H groups in total. The third-order valence-electron chi connectivity index (χ3n) is 5.46. The van der Waals surface area contributed by atoms with Crippen molar-refractivity contribution in [2.24, 2.45) is 0 Å². The molecule has 2 aromatic carbocycles. The Bertz CT molecular complexity index is 1310. The molecule has 0 aliphatic carbocycles. The van der Waals surface area contributed by atoms with Gasteiger partial charge in [-0.05, 0) is 50.1 Å². The Labute approximate surface area is 194 Å². The smallest absolute Gasteiger partial charge is 0.337 e. The number of carbonyl (C=O) groups is 3. The summed E-state index contributed by atoms with van der Waals surface area (Å²) in [6, 6.07) is 10.9. The average molecular weight is 464 g/mol. The number of anilines is 1. The van der Waals surface area contributed by atoms with Crippen LogP contribution in [0.25, 0.3) is 5.76 Å². The van der Waals surface area contributed by atoms with Gasteiger partial charge in [0.1, 0.15) is 10.8 Å². The fourth-order valence-corrected chi connectivity index (χ4v) is 4.50. The predicted octanol–water partition coefficient (Wildman–Crippen LogP) is 3.88. The summed E-state index contributed by atoms with van der Waals surface area (Å²) < 4.78 is 4.75. The number of hydrogen-bond donors (Lipinski definition) is 1. The van der Waals surface area contributed by atoms with Crippen molar-refractivity contribution < 1.29 is 24.2 Å². The first-order valence-corrected chi connectivity index (χ1v) is 10.9. The lowest BCUT2D eigenvalue weighted by Gasteiger charge is -2.23. The van der Waals surface area contributed by atoms with Crippen molar-refractivity contribution in [3.05, 3.63) is 80.9 Å². The highest BCUT2D eigenvalue weighted by Crippen LogP contribution is 2.43. The monoisotopic (exact) mass is 463 g/mol. The van der Waals surface area contributed by atoms with E-state index in [0.29, 0.717) is 21.7 Å². The number of aryl methyl sites for hydroxylation is 3. The molecule has 1 aliphatic heterocycles. The Kier molecular flexibility index (Phi) is 5.82. The van der Waals surface area contributed by atoms with Gasteiger partial charge in [-0.3, -0.25) is 14.5 Å². The molecular formula is C24H21N3O5S. The highest BCUT2D eigenvalue weighted by Gasteiger charge is 2.48. The molecule has 2 heterocycles. The highest BCUT2D eigenvalue weighted by molar-refractivity contribution is 7.15. The van der Waals surface area contributed by atoms with Gasteiger partial charge in [-0.15, -0.1) is 10.2 Å². The average Bonchev–Trinajstić information content (AvgIpc) is 3.35. The van der Waals surface area contributed by atoms with Crippen LogP contribution in [-0.2, 0) is 14.3 Å². The van der Waals surface area contributed by atoms with E-state index < -0.39 is 23.7 Å². The Morgan fingerprint density at radius 3 is 2.36 bits per heavy atom. The van der Waals surface area contributed by atoms with E-state index in [2.05, 4.69) is 10.2 Å². The van der Waals surface area contributed by atoms with Crippen molar-refractivity contribution in [1.29, 1.82) is 0 Å². The van der Waals surface area contributed by atoms with Gasteiger partial charge in [-0.2, -0.15) is 0 Å². The summed E-state index contributed by atoms with van der Waals surface area (Å²) in [4.78, 5) is 39.4. The first-order chi connectivity index (χ1) is 15.7. The van der Waals surface area contributed by atoms with E-state index in [9.17, 15) is 19.5 Å². The molecular weight excluding hydrogens is 442 g/mol. The maximum atomic E-state index is 13.2. The minimum absolute atomic E-state index is 0.0487. The van der Waals surface area contributed by atoms with Crippen LogP contribution in [0.3, 0.4) is 0 Å². The van der Waals surface area contributed by atoms with Gasteiger partial charge in [0.25, 0.3) is 5.78 Å². The molecule has 1 aromatic heterocycles. The molecule has 4 rings (SSSR count). The number of Topliss-reactive ketones (excluding diaryl/α,β-unsaturated/α-hetero) is 1. The summed E-state index contributed by atoms with van der Waals surface area (Å²) in [5.41, 5.74) is 2.93. The van der Waals surface area contributed by atoms with Crippen molar-refractivity contribution in [2.75, 3.05) is 12.0 Å². The van der Waals surface area contributed by atoms with E-state index >= 15 is 0 Å². The van der Waals surface area contributed by atoms with E-state index in [4.69, 9.17) is 4.74 Å². The third-order valence-corrected chi connectivity index (χ3v) is 6.30. The van der Waals surface area contributed by atoms with Crippen molar-refractivity contribution in [2.45, 2.75) is 26.8 Å². The minimum atomic E-state index is -0.941. The van der Waals surface area contributed by atoms with Gasteiger partial charge < -0.3 is 9.84 Å². The number of aromatic nitrogens is 2. The van der Waals surface area contributed by atoms with E-state index in [1.54, 1.807) is 37.3 Å². The lowest BCUT2D eigenvalue weighted by atomic mass is 9.93. The number of esters is 1. The lowest BCUT2D eigenvalue weighted by Crippen LogP contribution is -2.29. The molecule has 9 heteroatoms. The lowest BCUT2D eigenvalue weighted by molar-refractivity contribution is -0.132. The number of carbonyl (C=O) groups excluding carboxylic acids is 3. The van der Waals surface area contributed by atoms with E-state index in [1.807, 2.05) is 26.0 Å². The number of methoxy groups -OCH3 is 1. The largest absolute Gasteiger partial charge is 0.507 e. The van der Waals surface area contributed by atoms with Crippen LogP contribution in [0.2, 0.25) is 0 Å². The summed E-state index contributed by atoms with van der Waals surface area (Å²) in [6.07, 6.45) is 0. The van der Waals surface area contributed by atoms with Crippen LogP contribution in [0.5, 0.6) is 0 Å². The maximum Gasteiger partial charge on any atom is 0.337 e. The molecule has 1 amide bonds. The van der Waals surface area contributed by atoms with Crippen molar-refractivity contribution >= 4 is 39.9 Å². The third kappa shape index (κ3) is 3.91. The van der Waals surface area contributed by atoms with Crippen LogP contribution in [0, 0.1) is 20.8 Å². The number of amides is 1. The second-order valence-corrected chi connectivity index (χ2v) is 8.86. The van der Waals surface area contributed by atoms with Crippen LogP contribution >= 0.6 is 11.3 Å². The molecule has 3 aromatic rings. The summed E-state index contributed by atoms with van der Waals surface area (Å²) in [6.45, 7) is 5.44. The highest BCUT2D eigenvalue weighted by atomic mass is 32.1. The molecule has 168 valence electrons. The van der Waals surface area contributed by atoms with E-state index in [-0.39, 0.29) is 16.5 Å². The Morgan fingerprint density at radius 1 is 1.06 bits per heavy atom. The van der Waals surface area contributed by atoms with Gasteiger partial charge in [0.05, 0.1) is 24.3 Å². The van der Waals surface area contributed by atoms with E-state index in [0.717, 1.165) is 11.1 Å². The van der Waals surface area contributed by atoms with Gasteiger partial charge in [0.15, 0.2) is 0 Å². The topological polar surface area (TPSA) is 110 Å². The van der Waals surface area contributed by atoms with Crippen molar-refractivity contribution in [3.63, 3.8) is 0 Å². The Morgan fingerprint density at radius 2 is 1.76 bits per heavy atom. The van der Waals surface area contributed by atoms with Crippen molar-refractivity contribution in [3.8, 4) is 0 Å². The number of aliphatic hydroxyl groups is 1. The summed E-state index contributed by atoms with van der Waals surface area (Å²) >= 11 is 1.17. The predicted molar refractivity (Wildman–Crippen MR) is 123 cm³/mol.